The summed E-state index contributed by atoms with van der Waals surface area (Å²) in [7, 11) is 0. The summed E-state index contributed by atoms with van der Waals surface area (Å²) in [4.78, 5) is 4.60. The molecule has 1 aliphatic rings. The fourth-order valence-corrected chi connectivity index (χ4v) is 11.6. The van der Waals surface area contributed by atoms with Gasteiger partial charge in [-0.05, 0) is 219 Å². The Balaban J connectivity index is 0.000000124. The number of fused-ring (bicyclic) bond motifs is 5. The number of aryl methyl sites for hydroxylation is 10. The Hall–Kier alpha value is -9.24. The van der Waals surface area contributed by atoms with Crippen LogP contribution in [0.5, 0.6) is 0 Å². The molecule has 0 heterocycles. The van der Waals surface area contributed by atoms with E-state index in [0.717, 1.165) is 0 Å². The molecule has 0 aliphatic heterocycles. The zero-order valence-electron chi connectivity index (χ0n) is 50.6. The smallest absolute Gasteiger partial charge is 0.0464 e. The highest BCUT2D eigenvalue weighted by Crippen LogP contribution is 2.49. The molecule has 12 aromatic rings. The molecule has 0 unspecified atom stereocenters. The Kier molecular flexibility index (Phi) is 17.1. The zero-order chi connectivity index (χ0) is 58.4. The summed E-state index contributed by atoms with van der Waals surface area (Å²) in [5, 5.41) is 5.27. The lowest BCUT2D eigenvalue weighted by Gasteiger charge is -2.26. The summed E-state index contributed by atoms with van der Waals surface area (Å²) in [5.41, 5.74) is 28.7. The van der Waals surface area contributed by atoms with Gasteiger partial charge >= 0.3 is 0 Å². The van der Waals surface area contributed by atoms with Gasteiger partial charge < -0.3 is 9.80 Å². The predicted molar refractivity (Wildman–Crippen MR) is 361 cm³/mol. The van der Waals surface area contributed by atoms with Crippen LogP contribution in [0, 0.1) is 69.2 Å². The summed E-state index contributed by atoms with van der Waals surface area (Å²) in [5.74, 6) is 0. The van der Waals surface area contributed by atoms with Crippen LogP contribution in [-0.4, -0.2) is 0 Å². The molecule has 2 nitrogen and oxygen atoms in total. The van der Waals surface area contributed by atoms with Gasteiger partial charge in [-0.2, -0.15) is 0 Å². The maximum Gasteiger partial charge on any atom is 0.0464 e. The first kappa shape index (κ1) is 57.0. The Morgan fingerprint density at radius 2 is 0.542 bits per heavy atom. The second-order valence-corrected chi connectivity index (χ2v) is 23.4. The van der Waals surface area contributed by atoms with Gasteiger partial charge in [-0.15, -0.1) is 0 Å². The molecule has 0 radical (unpaired) electrons. The largest absolute Gasteiger partial charge is 0.310 e. The van der Waals surface area contributed by atoms with Crippen molar-refractivity contribution in [2.75, 3.05) is 9.80 Å². The van der Waals surface area contributed by atoms with E-state index < -0.39 is 0 Å². The summed E-state index contributed by atoms with van der Waals surface area (Å²) in [6, 6.07) is 91.8. The third-order valence-corrected chi connectivity index (χ3v) is 16.2. The van der Waals surface area contributed by atoms with E-state index in [0.29, 0.717) is 0 Å². The molecular formula is C81H78N2. The van der Waals surface area contributed by atoms with Crippen LogP contribution in [-0.2, 0) is 5.41 Å². The van der Waals surface area contributed by atoms with Crippen molar-refractivity contribution in [3.63, 3.8) is 0 Å². The second kappa shape index (κ2) is 24.9. The fourth-order valence-electron chi connectivity index (χ4n) is 11.6. The number of benzene rings is 12. The van der Waals surface area contributed by atoms with Crippen LogP contribution in [0.15, 0.2) is 255 Å². The average Bonchev–Trinajstić information content (AvgIpc) is 4.00. The summed E-state index contributed by atoms with van der Waals surface area (Å²) >= 11 is 0. The minimum atomic E-state index is 0.142. The summed E-state index contributed by atoms with van der Waals surface area (Å²) in [6.07, 6.45) is 0. The van der Waals surface area contributed by atoms with E-state index in [-0.39, 0.29) is 5.41 Å². The SMILES string of the molecule is Cc1ccc(N(c2ccc(C)cc2)c2cccc(C)c2)cc1.Cc1ccc(N(c2ccc(C)cc2)c2cccc(C)c2)cc1.Cc1ccc2c(c1)C(C)(C)c1cc(C)ccc1-2.Cc1ccc2ccccc2c1-c1c(C)ccc2ccccc12. The number of anilines is 6. The molecule has 83 heavy (non-hydrogen) atoms. The van der Waals surface area contributed by atoms with Crippen molar-refractivity contribution in [1.82, 2.24) is 0 Å². The van der Waals surface area contributed by atoms with Crippen molar-refractivity contribution in [2.24, 2.45) is 0 Å². The topological polar surface area (TPSA) is 6.48 Å². The molecule has 0 saturated heterocycles. The van der Waals surface area contributed by atoms with Gasteiger partial charge in [0.2, 0.25) is 0 Å². The van der Waals surface area contributed by atoms with Crippen molar-refractivity contribution < 1.29 is 0 Å². The van der Waals surface area contributed by atoms with Crippen LogP contribution in [0.1, 0.15) is 80.6 Å². The number of hydrogen-bond acceptors (Lipinski definition) is 2. The molecule has 0 aromatic heterocycles. The van der Waals surface area contributed by atoms with Crippen molar-refractivity contribution in [3.8, 4) is 22.3 Å². The first-order valence-corrected chi connectivity index (χ1v) is 29.2. The Labute approximate surface area is 495 Å². The van der Waals surface area contributed by atoms with Crippen LogP contribution < -0.4 is 9.80 Å². The van der Waals surface area contributed by atoms with Gasteiger partial charge in [-0.3, -0.25) is 0 Å². The highest BCUT2D eigenvalue weighted by atomic mass is 15.1. The molecule has 2 heteroatoms. The van der Waals surface area contributed by atoms with Gasteiger partial charge in [0.15, 0.2) is 0 Å². The van der Waals surface area contributed by atoms with Gasteiger partial charge in [0.25, 0.3) is 0 Å². The van der Waals surface area contributed by atoms with Crippen LogP contribution in [0.4, 0.5) is 34.1 Å². The molecule has 412 valence electrons. The third-order valence-electron chi connectivity index (χ3n) is 16.2. The Morgan fingerprint density at radius 1 is 0.241 bits per heavy atom. The van der Waals surface area contributed by atoms with Crippen LogP contribution >= 0.6 is 0 Å². The van der Waals surface area contributed by atoms with Gasteiger partial charge in [0.05, 0.1) is 0 Å². The van der Waals surface area contributed by atoms with E-state index >= 15 is 0 Å². The summed E-state index contributed by atoms with van der Waals surface area (Å²) < 4.78 is 0. The minimum absolute atomic E-state index is 0.142. The van der Waals surface area contributed by atoms with Crippen molar-refractivity contribution in [1.29, 1.82) is 0 Å². The fraction of sp³-hybridized carbons (Fsp3) is 0.160. The molecule has 0 bridgehead atoms. The van der Waals surface area contributed by atoms with Crippen LogP contribution in [0.3, 0.4) is 0 Å². The molecule has 0 saturated carbocycles. The zero-order valence-corrected chi connectivity index (χ0v) is 50.6. The first-order chi connectivity index (χ1) is 40.0. The van der Waals surface area contributed by atoms with Gasteiger partial charge in [0.1, 0.15) is 0 Å². The van der Waals surface area contributed by atoms with Crippen molar-refractivity contribution in [3.05, 3.63) is 322 Å². The third kappa shape index (κ3) is 12.8. The van der Waals surface area contributed by atoms with Gasteiger partial charge in [-0.1, -0.05) is 229 Å². The quantitative estimate of drug-likeness (QED) is 0.157. The lowest BCUT2D eigenvalue weighted by molar-refractivity contribution is 0.659. The number of nitrogens with zero attached hydrogens (tertiary/aromatic N) is 2. The van der Waals surface area contributed by atoms with E-state index in [1.165, 1.54) is 145 Å². The average molecular weight is 1080 g/mol. The second-order valence-electron chi connectivity index (χ2n) is 23.4. The molecule has 0 N–H and O–H groups in total. The highest BCUT2D eigenvalue weighted by molar-refractivity contribution is 6.07. The van der Waals surface area contributed by atoms with E-state index in [4.69, 9.17) is 0 Å². The normalized spacial score (nSPS) is 11.7. The van der Waals surface area contributed by atoms with Crippen molar-refractivity contribution >= 4 is 55.7 Å². The Morgan fingerprint density at radius 3 is 0.867 bits per heavy atom. The summed E-state index contributed by atoms with van der Waals surface area (Å²) in [6.45, 7) is 26.2. The van der Waals surface area contributed by atoms with E-state index in [1.54, 1.807) is 0 Å². The van der Waals surface area contributed by atoms with Gasteiger partial charge in [-0.25, -0.2) is 0 Å². The molecule has 0 amide bonds. The maximum atomic E-state index is 2.34. The minimum Gasteiger partial charge on any atom is -0.310 e. The molecule has 13 rings (SSSR count). The molecular weight excluding hydrogens is 1000 g/mol. The molecule has 12 aromatic carbocycles. The Bertz CT molecular complexity index is 3840. The van der Waals surface area contributed by atoms with Crippen LogP contribution in [0.2, 0.25) is 0 Å². The lowest BCUT2D eigenvalue weighted by Crippen LogP contribution is -2.15. The molecule has 1 aliphatic carbocycles. The standard InChI is InChI=1S/C22H18.2C21H21N.C17H18/c1-15-11-13-17-7-3-5-9-19(17)21(15)22-16(2)12-14-18-8-4-6-10-20(18)22;2*1-16-7-11-19(12-8-16)22(20-13-9-17(2)10-14-20)21-6-4-5-18(3)15-21;1-11-5-7-13-14-8-6-12(2)10-16(14)17(3,4)15(13)9-11/h3-14H,1-2H3;2*4-15H,1-3H3;5-10H,1-4H3. The van der Waals surface area contributed by atoms with E-state index in [1.807, 2.05) is 0 Å². The van der Waals surface area contributed by atoms with Gasteiger partial charge in [0, 0.05) is 39.5 Å². The monoisotopic (exact) mass is 1080 g/mol. The first-order valence-electron chi connectivity index (χ1n) is 29.2. The molecule has 0 spiro atoms. The van der Waals surface area contributed by atoms with Crippen LogP contribution in [0.25, 0.3) is 43.8 Å². The number of rotatable bonds is 7. The molecule has 0 fully saturated rings. The van der Waals surface area contributed by atoms with Crippen molar-refractivity contribution in [2.45, 2.75) is 88.5 Å². The highest BCUT2D eigenvalue weighted by Gasteiger charge is 2.35. The van der Waals surface area contributed by atoms with E-state index in [9.17, 15) is 0 Å². The predicted octanol–water partition coefficient (Wildman–Crippen LogP) is 23.0. The van der Waals surface area contributed by atoms with E-state index in [2.05, 4.69) is 348 Å². The maximum absolute atomic E-state index is 2.34. The molecule has 0 atom stereocenters. The lowest BCUT2D eigenvalue weighted by atomic mass is 9.81. The number of hydrogen-bond donors (Lipinski definition) is 0.